The Balaban J connectivity index is 1.36. The first-order valence-electron chi connectivity index (χ1n) is 14.4. The van der Waals surface area contributed by atoms with Crippen molar-refractivity contribution < 1.29 is 15.2 Å². The number of aliphatic imine (C=N–C) groups is 1. The van der Waals surface area contributed by atoms with Gasteiger partial charge in [0.1, 0.15) is 12.7 Å². The number of nitrogens with one attached hydrogen (secondary N) is 1. The molecular formula is C30H36N11O3+. The molecule has 1 aromatic carbocycles. The van der Waals surface area contributed by atoms with Crippen LogP contribution in [-0.4, -0.2) is 90.7 Å². The molecule has 4 aromatic rings. The molecule has 0 saturated carbocycles. The Labute approximate surface area is 253 Å². The second kappa shape index (κ2) is 11.0. The molecule has 5 heterocycles. The lowest BCUT2D eigenvalue weighted by Gasteiger charge is -2.39. The number of fused-ring (bicyclic) bond motifs is 3. The fourth-order valence-electron chi connectivity index (χ4n) is 6.41. The second-order valence-corrected chi connectivity index (χ2v) is 11.7. The van der Waals surface area contributed by atoms with E-state index < -0.39 is 10.7 Å². The third-order valence-corrected chi connectivity index (χ3v) is 8.47. The van der Waals surface area contributed by atoms with Crippen molar-refractivity contribution in [3.8, 4) is 22.4 Å². The van der Waals surface area contributed by atoms with Gasteiger partial charge >= 0.3 is 0 Å². The number of rotatable bonds is 4. The highest BCUT2D eigenvalue weighted by Crippen LogP contribution is 2.47. The van der Waals surface area contributed by atoms with Crippen molar-refractivity contribution in [1.29, 1.82) is 5.41 Å². The van der Waals surface area contributed by atoms with Crippen LogP contribution >= 0.6 is 0 Å². The first kappa shape index (κ1) is 29.2. The third kappa shape index (κ3) is 5.12. The summed E-state index contributed by atoms with van der Waals surface area (Å²) in [6, 6.07) is 13.4. The Morgan fingerprint density at radius 1 is 1.07 bits per heavy atom. The molecule has 3 aromatic heterocycles. The number of nitrogens with zero attached hydrogens (tertiary/aromatic N) is 8. The zero-order valence-corrected chi connectivity index (χ0v) is 24.8. The van der Waals surface area contributed by atoms with Crippen molar-refractivity contribution in [2.24, 2.45) is 10.7 Å². The van der Waals surface area contributed by atoms with E-state index in [1.807, 2.05) is 42.5 Å². The number of carbonyl (C=O) groups is 1. The van der Waals surface area contributed by atoms with E-state index >= 15 is 0 Å². The summed E-state index contributed by atoms with van der Waals surface area (Å²) in [5.41, 5.74) is 16.9. The Morgan fingerprint density at radius 2 is 1.75 bits per heavy atom. The van der Waals surface area contributed by atoms with Crippen LogP contribution < -0.4 is 16.3 Å². The Kier molecular flexibility index (Phi) is 7.27. The van der Waals surface area contributed by atoms with Gasteiger partial charge in [-0.2, -0.15) is 25.0 Å². The largest absolute Gasteiger partial charge is 0.379 e. The van der Waals surface area contributed by atoms with E-state index in [0.29, 0.717) is 29.7 Å². The lowest BCUT2D eigenvalue weighted by Crippen LogP contribution is -2.51. The summed E-state index contributed by atoms with van der Waals surface area (Å²) in [5.74, 6) is -0.910. The summed E-state index contributed by atoms with van der Waals surface area (Å²) < 4.78 is 1.41. The highest BCUT2D eigenvalue weighted by atomic mass is 16.8. The smallest absolute Gasteiger partial charge is 0.289 e. The van der Waals surface area contributed by atoms with Gasteiger partial charge in [-0.15, -0.1) is 0 Å². The van der Waals surface area contributed by atoms with Gasteiger partial charge in [0.05, 0.1) is 11.9 Å². The molecule has 1 amide bonds. The van der Waals surface area contributed by atoms with Crippen LogP contribution in [-0.2, 0) is 4.79 Å². The van der Waals surface area contributed by atoms with E-state index in [0.717, 1.165) is 29.7 Å². The normalized spacial score (nSPS) is 20.2. The zero-order valence-electron chi connectivity index (χ0n) is 24.8. The van der Waals surface area contributed by atoms with Gasteiger partial charge in [0, 0.05) is 55.0 Å². The molecule has 2 bridgehead atoms. The summed E-state index contributed by atoms with van der Waals surface area (Å²) in [4.78, 5) is 28.6. The predicted molar refractivity (Wildman–Crippen MR) is 166 cm³/mol. The average molecular weight is 599 g/mol. The van der Waals surface area contributed by atoms with Crippen molar-refractivity contribution in [1.82, 2.24) is 34.2 Å². The predicted octanol–water partition coefficient (Wildman–Crippen LogP) is 2.85. The van der Waals surface area contributed by atoms with E-state index in [9.17, 15) is 15.2 Å². The number of quaternary nitrogens is 1. The van der Waals surface area contributed by atoms with E-state index in [1.165, 1.54) is 16.5 Å². The Morgan fingerprint density at radius 3 is 2.34 bits per heavy atom. The fourth-order valence-corrected chi connectivity index (χ4v) is 6.41. The number of anilines is 1. The molecule has 44 heavy (non-hydrogen) atoms. The molecule has 2 saturated heterocycles. The zero-order chi connectivity index (χ0) is 31.3. The number of hydrogen-bond donors (Lipinski definition) is 5. The maximum Gasteiger partial charge on any atom is 0.289 e. The van der Waals surface area contributed by atoms with Crippen LogP contribution in [0.25, 0.3) is 28.0 Å². The summed E-state index contributed by atoms with van der Waals surface area (Å²) >= 11 is 0. The number of hydroxylamine groups is 2. The molecule has 2 aliphatic heterocycles. The molecule has 6 rings (SSSR count). The van der Waals surface area contributed by atoms with Crippen LogP contribution in [0, 0.1) is 5.41 Å². The molecular weight excluding hydrogens is 562 g/mol. The molecule has 2 atom stereocenters. The average Bonchev–Trinajstić information content (AvgIpc) is 3.54. The molecule has 14 nitrogen and oxygen atoms in total. The van der Waals surface area contributed by atoms with Crippen molar-refractivity contribution in [3.05, 3.63) is 60.6 Å². The molecule has 2 aliphatic rings. The number of amides is 1. The summed E-state index contributed by atoms with van der Waals surface area (Å²) in [6.45, 7) is 0. The Bertz CT molecular complexity index is 1750. The monoisotopic (exact) mass is 598 g/mol. The molecule has 7 N–H and O–H groups in total. The van der Waals surface area contributed by atoms with Gasteiger partial charge in [-0.1, -0.05) is 36.4 Å². The van der Waals surface area contributed by atoms with Crippen LogP contribution in [0.2, 0.25) is 0 Å². The standard InChI is InChI=1S/C30H36N11O3/c1-38(2)30(33)37-26(31)29(42)39-20-10-11-21(39)14-19(13-20)24-25(41(3,43)44)27(32)40-28(36-24)22(16-35-40)18-9-12-23(34-15-18)17-7-5-4-6-8-17/h4-9,12,15-16,19-21,43-44H,10-11,13-14,32H2,1-3H3,(H3,31,33,37)/q+1. The van der Waals surface area contributed by atoms with E-state index in [4.69, 9.17) is 21.9 Å². The number of carbonyl (C=O) groups excluding carboxylic acids is 1. The van der Waals surface area contributed by atoms with Gasteiger partial charge in [0.15, 0.2) is 17.3 Å². The van der Waals surface area contributed by atoms with Crippen LogP contribution in [0.5, 0.6) is 0 Å². The van der Waals surface area contributed by atoms with Gasteiger partial charge in [-0.3, -0.25) is 15.2 Å². The van der Waals surface area contributed by atoms with Gasteiger partial charge in [-0.25, -0.2) is 4.98 Å². The number of hydrogen-bond acceptors (Lipinski definition) is 8. The van der Waals surface area contributed by atoms with E-state index in [-0.39, 0.29) is 41.3 Å². The molecule has 0 radical (unpaired) electrons. The molecule has 0 spiro atoms. The number of piperidine rings is 1. The fraction of sp³-hybridized carbons (Fsp3) is 0.333. The minimum Gasteiger partial charge on any atom is -0.379 e. The highest BCUT2D eigenvalue weighted by molar-refractivity contribution is 6.38. The maximum atomic E-state index is 13.3. The lowest BCUT2D eigenvalue weighted by molar-refractivity contribution is -0.272. The van der Waals surface area contributed by atoms with Gasteiger partial charge in [0.25, 0.3) is 11.6 Å². The molecule has 228 valence electrons. The quantitative estimate of drug-likeness (QED) is 0.102. The first-order valence-corrected chi connectivity index (χ1v) is 14.4. The van der Waals surface area contributed by atoms with Gasteiger partial charge < -0.3 is 21.3 Å². The van der Waals surface area contributed by atoms with Crippen LogP contribution in [0.1, 0.15) is 37.3 Å². The number of nitrogens with two attached hydrogens (primary N) is 2. The first-order chi connectivity index (χ1) is 20.9. The number of pyridine rings is 1. The molecule has 0 aliphatic carbocycles. The Hall–Kier alpha value is -4.92. The van der Waals surface area contributed by atoms with E-state index in [2.05, 4.69) is 15.1 Å². The summed E-state index contributed by atoms with van der Waals surface area (Å²) in [7, 11) is 4.51. The van der Waals surface area contributed by atoms with Crippen molar-refractivity contribution in [3.63, 3.8) is 0 Å². The molecule has 2 fully saturated rings. The number of benzene rings is 1. The minimum absolute atomic E-state index is 0.0365. The topological polar surface area (TPSA) is 195 Å². The van der Waals surface area contributed by atoms with Gasteiger partial charge in [0.2, 0.25) is 5.96 Å². The van der Waals surface area contributed by atoms with Gasteiger partial charge in [-0.05, 0) is 36.6 Å². The summed E-state index contributed by atoms with van der Waals surface area (Å²) in [6.07, 6.45) is 5.97. The number of aromatic nitrogens is 4. The third-order valence-electron chi connectivity index (χ3n) is 8.47. The SMILES string of the molecule is CN(C)C(=N)N=C(N)C(=O)N1C2CCC1CC(c1nc3c(-c4ccc(-c5ccccc5)nc4)cnn3c(N)c1[N+](C)(O)O)C2. The van der Waals surface area contributed by atoms with E-state index in [1.54, 1.807) is 31.4 Å². The van der Waals surface area contributed by atoms with Crippen molar-refractivity contribution >= 4 is 34.9 Å². The van der Waals surface area contributed by atoms with Crippen LogP contribution in [0.4, 0.5) is 11.5 Å². The number of nitrogen functional groups attached to an aromatic ring is 1. The lowest BCUT2D eigenvalue weighted by atomic mass is 9.86. The van der Waals surface area contributed by atoms with Crippen LogP contribution in [0.15, 0.2) is 59.9 Å². The van der Waals surface area contributed by atoms with Crippen molar-refractivity contribution in [2.75, 3.05) is 26.9 Å². The molecule has 14 heteroatoms. The summed E-state index contributed by atoms with van der Waals surface area (Å²) in [5, 5.41) is 34.0. The number of guanidine groups is 1. The molecule has 2 unspecified atom stereocenters. The van der Waals surface area contributed by atoms with Crippen molar-refractivity contribution in [2.45, 2.75) is 43.7 Å². The second-order valence-electron chi connectivity index (χ2n) is 11.7. The highest BCUT2D eigenvalue weighted by Gasteiger charge is 2.47. The maximum absolute atomic E-state index is 13.3. The van der Waals surface area contributed by atoms with Crippen LogP contribution in [0.3, 0.4) is 0 Å². The minimum atomic E-state index is -1.52. The number of amidine groups is 1.